The number of benzene rings is 2. The van der Waals surface area contributed by atoms with E-state index in [4.69, 9.17) is 27.9 Å². The van der Waals surface area contributed by atoms with Crippen molar-refractivity contribution in [1.29, 1.82) is 0 Å². The number of para-hydroxylation sites is 2. The molecule has 0 saturated heterocycles. The second-order valence-corrected chi connectivity index (χ2v) is 9.97. The van der Waals surface area contributed by atoms with E-state index in [2.05, 4.69) is 5.32 Å². The van der Waals surface area contributed by atoms with Crippen LogP contribution in [0.3, 0.4) is 0 Å². The van der Waals surface area contributed by atoms with E-state index in [0.29, 0.717) is 27.8 Å². The molecule has 0 aliphatic rings. The van der Waals surface area contributed by atoms with E-state index in [1.165, 1.54) is 19.1 Å². The van der Waals surface area contributed by atoms with Gasteiger partial charge in [0.1, 0.15) is 18.3 Å². The summed E-state index contributed by atoms with van der Waals surface area (Å²) in [6.45, 7) is 1.28. The van der Waals surface area contributed by atoms with Gasteiger partial charge in [-0.3, -0.25) is 13.9 Å². The van der Waals surface area contributed by atoms with Gasteiger partial charge in [-0.05, 0) is 36.2 Å². The molecule has 1 N–H and O–H groups in total. The molecule has 2 aromatic rings. The van der Waals surface area contributed by atoms with Gasteiger partial charge >= 0.3 is 0 Å². The third-order valence-electron chi connectivity index (χ3n) is 5.00. The first-order valence-electron chi connectivity index (χ1n) is 10.1. The van der Waals surface area contributed by atoms with Gasteiger partial charge in [-0.1, -0.05) is 48.3 Å². The number of hydrogen-bond acceptors (Lipinski definition) is 5. The Bertz CT molecular complexity index is 1110. The topological polar surface area (TPSA) is 96.0 Å². The van der Waals surface area contributed by atoms with Gasteiger partial charge < -0.3 is 15.0 Å². The van der Waals surface area contributed by atoms with Gasteiger partial charge in [0.15, 0.2) is 0 Å². The molecule has 2 aromatic carbocycles. The molecule has 0 spiro atoms. The lowest BCUT2D eigenvalue weighted by atomic mass is 10.1. The molecule has 0 radical (unpaired) electrons. The third-order valence-corrected chi connectivity index (χ3v) is 6.87. The van der Waals surface area contributed by atoms with E-state index in [1.54, 1.807) is 49.4 Å². The maximum absolute atomic E-state index is 13.5. The maximum atomic E-state index is 13.5. The molecule has 0 aliphatic carbocycles. The van der Waals surface area contributed by atoms with Crippen LogP contribution in [0.2, 0.25) is 10.0 Å². The predicted molar refractivity (Wildman–Crippen MR) is 130 cm³/mol. The van der Waals surface area contributed by atoms with Crippen LogP contribution in [0.5, 0.6) is 5.75 Å². The van der Waals surface area contributed by atoms with E-state index in [-0.39, 0.29) is 18.1 Å². The Morgan fingerprint density at radius 2 is 1.79 bits per heavy atom. The summed E-state index contributed by atoms with van der Waals surface area (Å²) >= 11 is 12.1. The number of sulfonamides is 1. The Morgan fingerprint density at radius 1 is 1.12 bits per heavy atom. The van der Waals surface area contributed by atoms with Crippen molar-refractivity contribution in [3.8, 4) is 5.75 Å². The van der Waals surface area contributed by atoms with E-state index in [0.717, 1.165) is 10.6 Å². The summed E-state index contributed by atoms with van der Waals surface area (Å²) in [5.74, 6) is -0.632. The Kier molecular flexibility index (Phi) is 9.39. The van der Waals surface area contributed by atoms with Crippen molar-refractivity contribution in [1.82, 2.24) is 10.2 Å². The number of carbonyl (C=O) groups excluding carboxylic acids is 2. The number of amides is 2. The number of nitrogens with one attached hydrogen (secondary N) is 1. The predicted octanol–water partition coefficient (Wildman–Crippen LogP) is 3.32. The second kappa shape index (κ2) is 11.6. The maximum Gasteiger partial charge on any atom is 0.244 e. The van der Waals surface area contributed by atoms with E-state index in [9.17, 15) is 18.0 Å². The van der Waals surface area contributed by atoms with Crippen molar-refractivity contribution in [3.63, 3.8) is 0 Å². The number of anilines is 1. The van der Waals surface area contributed by atoms with Crippen molar-refractivity contribution in [2.24, 2.45) is 0 Å². The third kappa shape index (κ3) is 6.75. The molecule has 1 atom stereocenters. The van der Waals surface area contributed by atoms with Gasteiger partial charge in [-0.25, -0.2) is 8.42 Å². The highest BCUT2D eigenvalue weighted by Crippen LogP contribution is 2.30. The highest BCUT2D eigenvalue weighted by atomic mass is 35.5. The minimum Gasteiger partial charge on any atom is -0.495 e. The number of carbonyl (C=O) groups is 2. The number of nitrogens with zero attached hydrogens (tertiary/aromatic N) is 2. The van der Waals surface area contributed by atoms with Gasteiger partial charge in [-0.15, -0.1) is 0 Å². The molecule has 180 valence electrons. The average molecular weight is 516 g/mol. The van der Waals surface area contributed by atoms with Crippen LogP contribution in [0.1, 0.15) is 18.9 Å². The van der Waals surface area contributed by atoms with Crippen molar-refractivity contribution in [3.05, 3.63) is 58.1 Å². The molecular weight excluding hydrogens is 489 g/mol. The number of hydrogen-bond donors (Lipinski definition) is 1. The van der Waals surface area contributed by atoms with E-state index in [1.807, 2.05) is 0 Å². The molecule has 2 amide bonds. The molecule has 0 bridgehead atoms. The molecule has 0 aromatic heterocycles. The summed E-state index contributed by atoms with van der Waals surface area (Å²) in [5.41, 5.74) is 0.863. The zero-order chi connectivity index (χ0) is 24.8. The number of rotatable bonds is 10. The molecule has 33 heavy (non-hydrogen) atoms. The lowest BCUT2D eigenvalue weighted by Gasteiger charge is -2.32. The highest BCUT2D eigenvalue weighted by molar-refractivity contribution is 7.92. The van der Waals surface area contributed by atoms with Crippen LogP contribution in [-0.4, -0.2) is 58.1 Å². The molecule has 0 aliphatic heterocycles. The number of methoxy groups -OCH3 is 1. The first kappa shape index (κ1) is 26.8. The summed E-state index contributed by atoms with van der Waals surface area (Å²) in [5, 5.41) is 3.22. The van der Waals surface area contributed by atoms with Crippen LogP contribution in [0.25, 0.3) is 0 Å². The highest BCUT2D eigenvalue weighted by Gasteiger charge is 2.32. The van der Waals surface area contributed by atoms with Crippen LogP contribution in [0, 0.1) is 0 Å². The number of likely N-dealkylation sites (N-methyl/N-ethyl adjacent to an activating group) is 1. The SMILES string of the molecule is CC[C@H](C(=O)NC)N(Cc1ccc(Cl)c(Cl)c1)C(=O)CN(c1ccccc1OC)S(C)(=O)=O. The summed E-state index contributed by atoms with van der Waals surface area (Å²) in [7, 11) is -0.966. The lowest BCUT2D eigenvalue weighted by Crippen LogP contribution is -2.51. The molecule has 11 heteroatoms. The van der Waals surface area contributed by atoms with Crippen molar-refractivity contribution >= 4 is 50.7 Å². The monoisotopic (exact) mass is 515 g/mol. The van der Waals surface area contributed by atoms with Crippen LogP contribution in [0.4, 0.5) is 5.69 Å². The minimum absolute atomic E-state index is 0.0329. The Hall–Kier alpha value is -2.49. The van der Waals surface area contributed by atoms with Crippen LogP contribution >= 0.6 is 23.2 Å². The quantitative estimate of drug-likeness (QED) is 0.523. The Morgan fingerprint density at radius 3 is 2.33 bits per heavy atom. The molecule has 0 unspecified atom stereocenters. The first-order valence-corrected chi connectivity index (χ1v) is 12.7. The van der Waals surface area contributed by atoms with Gasteiger partial charge in [0.25, 0.3) is 0 Å². The van der Waals surface area contributed by atoms with Gasteiger partial charge in [0.05, 0.1) is 29.1 Å². The van der Waals surface area contributed by atoms with Crippen molar-refractivity contribution in [2.75, 3.05) is 31.3 Å². The average Bonchev–Trinajstić information content (AvgIpc) is 2.78. The van der Waals surface area contributed by atoms with Gasteiger partial charge in [-0.2, -0.15) is 0 Å². The van der Waals surface area contributed by atoms with E-state index >= 15 is 0 Å². The standard InChI is InChI=1S/C22H27Cl2N3O5S/c1-5-18(22(29)25-2)26(13-15-10-11-16(23)17(24)12-15)21(28)14-27(33(4,30)31)19-8-6-7-9-20(19)32-3/h6-12,18H,5,13-14H2,1-4H3,(H,25,29)/t18-/m1/s1. The van der Waals surface area contributed by atoms with Crippen LogP contribution in [-0.2, 0) is 26.2 Å². The number of ether oxygens (including phenoxy) is 1. The molecule has 0 saturated carbocycles. The summed E-state index contributed by atoms with van der Waals surface area (Å²) in [4.78, 5) is 27.4. The fraction of sp³-hybridized carbons (Fsp3) is 0.364. The minimum atomic E-state index is -3.86. The fourth-order valence-corrected chi connectivity index (χ4v) is 4.53. The summed E-state index contributed by atoms with van der Waals surface area (Å²) < 4.78 is 31.5. The van der Waals surface area contributed by atoms with Gasteiger partial charge in [0.2, 0.25) is 21.8 Å². The molecule has 2 rings (SSSR count). The smallest absolute Gasteiger partial charge is 0.244 e. The second-order valence-electron chi connectivity index (χ2n) is 7.25. The Balaban J connectivity index is 2.48. The Labute approximate surface area is 204 Å². The zero-order valence-electron chi connectivity index (χ0n) is 18.8. The largest absolute Gasteiger partial charge is 0.495 e. The molecular formula is C22H27Cl2N3O5S. The molecule has 0 fully saturated rings. The normalized spacial score (nSPS) is 12.1. The molecule has 0 heterocycles. The van der Waals surface area contributed by atoms with Crippen molar-refractivity contribution in [2.45, 2.75) is 25.9 Å². The van der Waals surface area contributed by atoms with Crippen LogP contribution in [0.15, 0.2) is 42.5 Å². The van der Waals surface area contributed by atoms with E-state index < -0.39 is 28.5 Å². The summed E-state index contributed by atoms with van der Waals surface area (Å²) in [6.07, 6.45) is 1.33. The number of halogens is 2. The van der Waals surface area contributed by atoms with Crippen LogP contribution < -0.4 is 14.4 Å². The summed E-state index contributed by atoms with van der Waals surface area (Å²) in [6, 6.07) is 10.6. The molecule has 8 nitrogen and oxygen atoms in total. The van der Waals surface area contributed by atoms with Gasteiger partial charge in [0, 0.05) is 13.6 Å². The zero-order valence-corrected chi connectivity index (χ0v) is 21.2. The lowest BCUT2D eigenvalue weighted by molar-refractivity contribution is -0.140. The van der Waals surface area contributed by atoms with Crippen molar-refractivity contribution < 1.29 is 22.7 Å². The fourth-order valence-electron chi connectivity index (χ4n) is 3.35. The first-order chi connectivity index (χ1) is 15.5.